The average molecular weight is 248 g/mol. The first-order chi connectivity index (χ1) is 8.74. The van der Waals surface area contributed by atoms with Gasteiger partial charge in [-0.3, -0.25) is 4.79 Å². The van der Waals surface area contributed by atoms with Crippen molar-refractivity contribution < 1.29 is 14.3 Å². The van der Waals surface area contributed by atoms with Crippen LogP contribution in [0.3, 0.4) is 0 Å². The molecule has 0 amide bonds. The Balaban J connectivity index is 2.16. The number of benzene rings is 1. The highest BCUT2D eigenvalue weighted by Gasteiger charge is 2.21. The first-order valence-corrected chi connectivity index (χ1v) is 6.50. The molecule has 3 nitrogen and oxygen atoms in total. The molecule has 1 aromatic rings. The number of hydrogen-bond acceptors (Lipinski definition) is 3. The molecular weight excluding hydrogens is 228 g/mol. The lowest BCUT2D eigenvalue weighted by atomic mass is 9.96. The van der Waals surface area contributed by atoms with Gasteiger partial charge in [-0.2, -0.15) is 0 Å². The average Bonchev–Trinajstić information content (AvgIpc) is 2.90. The highest BCUT2D eigenvalue weighted by atomic mass is 16.5. The molecule has 1 saturated carbocycles. The summed E-state index contributed by atoms with van der Waals surface area (Å²) < 4.78 is 10.4. The van der Waals surface area contributed by atoms with Crippen LogP contribution in [0.1, 0.15) is 42.5 Å². The normalized spacial score (nSPS) is 15.7. The van der Waals surface area contributed by atoms with Crippen molar-refractivity contribution in [3.8, 4) is 11.5 Å². The van der Waals surface area contributed by atoms with E-state index in [2.05, 4.69) is 0 Å². The molecular formula is C15H20O3. The van der Waals surface area contributed by atoms with E-state index in [0.717, 1.165) is 0 Å². The van der Waals surface area contributed by atoms with Crippen LogP contribution in [0.25, 0.3) is 0 Å². The van der Waals surface area contributed by atoms with Crippen LogP contribution in [0.4, 0.5) is 0 Å². The van der Waals surface area contributed by atoms with Gasteiger partial charge in [0.05, 0.1) is 19.8 Å². The third-order valence-electron chi connectivity index (χ3n) is 3.66. The van der Waals surface area contributed by atoms with Gasteiger partial charge in [-0.05, 0) is 24.1 Å². The van der Waals surface area contributed by atoms with Crippen LogP contribution in [-0.4, -0.2) is 20.0 Å². The van der Waals surface area contributed by atoms with E-state index in [0.29, 0.717) is 29.4 Å². The third kappa shape index (κ3) is 2.84. The van der Waals surface area contributed by atoms with Gasteiger partial charge >= 0.3 is 0 Å². The lowest BCUT2D eigenvalue weighted by Crippen LogP contribution is -2.07. The van der Waals surface area contributed by atoms with E-state index in [1.165, 1.54) is 25.7 Å². The highest BCUT2D eigenvalue weighted by molar-refractivity contribution is 5.99. The summed E-state index contributed by atoms with van der Waals surface area (Å²) in [6.45, 7) is 0. The topological polar surface area (TPSA) is 35.5 Å². The zero-order chi connectivity index (χ0) is 13.0. The molecule has 1 aliphatic carbocycles. The predicted octanol–water partition coefficient (Wildman–Crippen LogP) is 3.47. The van der Waals surface area contributed by atoms with E-state index in [9.17, 15) is 4.79 Å². The largest absolute Gasteiger partial charge is 0.497 e. The Labute approximate surface area is 108 Å². The zero-order valence-electron chi connectivity index (χ0n) is 11.1. The van der Waals surface area contributed by atoms with Crippen molar-refractivity contribution in [1.82, 2.24) is 0 Å². The first kappa shape index (κ1) is 12.9. The monoisotopic (exact) mass is 248 g/mol. The standard InChI is InChI=1S/C15H20O3/c1-17-12-7-8-15(18-2)13(10-12)14(16)9-11-5-3-4-6-11/h7-8,10-11H,3-6,9H2,1-2H3. The summed E-state index contributed by atoms with van der Waals surface area (Å²) in [6, 6.07) is 5.38. The fourth-order valence-corrected chi connectivity index (χ4v) is 2.62. The van der Waals surface area contributed by atoms with Crippen LogP contribution < -0.4 is 9.47 Å². The predicted molar refractivity (Wildman–Crippen MR) is 70.5 cm³/mol. The van der Waals surface area contributed by atoms with Crippen molar-refractivity contribution in [2.24, 2.45) is 5.92 Å². The molecule has 0 radical (unpaired) electrons. The van der Waals surface area contributed by atoms with Crippen molar-refractivity contribution in [3.63, 3.8) is 0 Å². The van der Waals surface area contributed by atoms with Crippen LogP contribution in [0, 0.1) is 5.92 Å². The van der Waals surface area contributed by atoms with Gasteiger partial charge in [-0.1, -0.05) is 25.7 Å². The summed E-state index contributed by atoms with van der Waals surface area (Å²) in [4.78, 5) is 12.3. The Morgan fingerprint density at radius 3 is 2.56 bits per heavy atom. The molecule has 0 atom stereocenters. The first-order valence-electron chi connectivity index (χ1n) is 6.50. The fourth-order valence-electron chi connectivity index (χ4n) is 2.62. The number of hydrogen-bond donors (Lipinski definition) is 0. The fraction of sp³-hybridized carbons (Fsp3) is 0.533. The molecule has 0 aliphatic heterocycles. The van der Waals surface area contributed by atoms with E-state index in [1.807, 2.05) is 6.07 Å². The maximum Gasteiger partial charge on any atom is 0.167 e. The van der Waals surface area contributed by atoms with Gasteiger partial charge in [0.2, 0.25) is 0 Å². The van der Waals surface area contributed by atoms with E-state index < -0.39 is 0 Å². The molecule has 1 fully saturated rings. The van der Waals surface area contributed by atoms with Gasteiger partial charge in [0.1, 0.15) is 11.5 Å². The minimum Gasteiger partial charge on any atom is -0.497 e. The van der Waals surface area contributed by atoms with Gasteiger partial charge in [0.15, 0.2) is 5.78 Å². The highest BCUT2D eigenvalue weighted by Crippen LogP contribution is 2.31. The quantitative estimate of drug-likeness (QED) is 0.748. The van der Waals surface area contributed by atoms with E-state index in [1.54, 1.807) is 26.4 Å². The van der Waals surface area contributed by atoms with Gasteiger partial charge in [-0.25, -0.2) is 0 Å². The molecule has 2 rings (SSSR count). The van der Waals surface area contributed by atoms with Crippen LogP contribution in [0.2, 0.25) is 0 Å². The van der Waals surface area contributed by atoms with Crippen molar-refractivity contribution in [2.75, 3.05) is 14.2 Å². The molecule has 1 aliphatic rings. The van der Waals surface area contributed by atoms with Crippen LogP contribution in [0.15, 0.2) is 18.2 Å². The van der Waals surface area contributed by atoms with Crippen molar-refractivity contribution >= 4 is 5.78 Å². The number of carbonyl (C=O) groups excluding carboxylic acids is 1. The molecule has 1 aromatic carbocycles. The minimum atomic E-state index is 0.164. The van der Waals surface area contributed by atoms with E-state index >= 15 is 0 Å². The number of ketones is 1. The lowest BCUT2D eigenvalue weighted by molar-refractivity contribution is 0.0959. The summed E-state index contributed by atoms with van der Waals surface area (Å²) in [5.41, 5.74) is 0.642. The second-order valence-corrected chi connectivity index (χ2v) is 4.84. The maximum absolute atomic E-state index is 12.3. The van der Waals surface area contributed by atoms with Gasteiger partial charge in [0.25, 0.3) is 0 Å². The van der Waals surface area contributed by atoms with Crippen molar-refractivity contribution in [1.29, 1.82) is 0 Å². The molecule has 3 heteroatoms. The molecule has 0 bridgehead atoms. The molecule has 0 saturated heterocycles. The zero-order valence-corrected chi connectivity index (χ0v) is 11.1. The Hall–Kier alpha value is -1.51. The number of Topliss-reactive ketones (excluding diaryl/α,β-unsaturated/α-hetero) is 1. The Kier molecular flexibility index (Phi) is 4.24. The second kappa shape index (κ2) is 5.89. The van der Waals surface area contributed by atoms with E-state index in [-0.39, 0.29) is 5.78 Å². The summed E-state index contributed by atoms with van der Waals surface area (Å²) in [5.74, 6) is 2.05. The molecule has 0 N–H and O–H groups in total. The number of ether oxygens (including phenoxy) is 2. The van der Waals surface area contributed by atoms with Crippen LogP contribution >= 0.6 is 0 Å². The van der Waals surface area contributed by atoms with Crippen LogP contribution in [0.5, 0.6) is 11.5 Å². The van der Waals surface area contributed by atoms with Gasteiger partial charge < -0.3 is 9.47 Å². The summed E-state index contributed by atoms with van der Waals surface area (Å²) >= 11 is 0. The van der Waals surface area contributed by atoms with E-state index in [4.69, 9.17) is 9.47 Å². The molecule has 0 aromatic heterocycles. The maximum atomic E-state index is 12.3. The molecule has 0 spiro atoms. The number of methoxy groups -OCH3 is 2. The Bertz CT molecular complexity index is 420. The second-order valence-electron chi connectivity index (χ2n) is 4.84. The Morgan fingerprint density at radius 1 is 1.22 bits per heavy atom. The summed E-state index contributed by atoms with van der Waals surface area (Å²) in [6.07, 6.45) is 5.50. The number of rotatable bonds is 5. The third-order valence-corrected chi connectivity index (χ3v) is 3.66. The molecule has 0 unspecified atom stereocenters. The SMILES string of the molecule is COc1ccc(OC)c(C(=O)CC2CCCC2)c1. The van der Waals surface area contributed by atoms with Gasteiger partial charge in [-0.15, -0.1) is 0 Å². The minimum absolute atomic E-state index is 0.164. The lowest BCUT2D eigenvalue weighted by Gasteiger charge is -2.12. The summed E-state index contributed by atoms with van der Waals surface area (Å²) in [5, 5.41) is 0. The van der Waals surface area contributed by atoms with Gasteiger partial charge in [0, 0.05) is 6.42 Å². The van der Waals surface area contributed by atoms with Crippen LogP contribution in [-0.2, 0) is 0 Å². The number of carbonyl (C=O) groups is 1. The summed E-state index contributed by atoms with van der Waals surface area (Å²) in [7, 11) is 3.20. The van der Waals surface area contributed by atoms with Crippen molar-refractivity contribution in [2.45, 2.75) is 32.1 Å². The molecule has 18 heavy (non-hydrogen) atoms. The Morgan fingerprint density at radius 2 is 1.94 bits per heavy atom. The van der Waals surface area contributed by atoms with Crippen molar-refractivity contribution in [3.05, 3.63) is 23.8 Å². The molecule has 98 valence electrons. The molecule has 0 heterocycles. The smallest absolute Gasteiger partial charge is 0.167 e.